The number of hydrogen-bond donors (Lipinski definition) is 6. The summed E-state index contributed by atoms with van der Waals surface area (Å²) in [4.78, 5) is 12.2. The zero-order valence-electron chi connectivity index (χ0n) is 13.9. The van der Waals surface area contributed by atoms with E-state index in [-0.39, 0.29) is 5.76 Å². The smallest absolute Gasteiger partial charge is 0.301 e. The largest absolute Gasteiger partial charge is 0.451 e. The van der Waals surface area contributed by atoms with Crippen LogP contribution in [-0.2, 0) is 4.74 Å². The number of amides is 1. The molecule has 0 unspecified atom stereocenters. The highest BCUT2D eigenvalue weighted by Gasteiger charge is 2.43. The topological polar surface area (TPSA) is 144 Å². The molecule has 5 atom stereocenters. The van der Waals surface area contributed by atoms with Crippen molar-refractivity contribution in [3.8, 4) is 11.3 Å². The van der Waals surface area contributed by atoms with Crippen LogP contribution in [0.15, 0.2) is 40.8 Å². The van der Waals surface area contributed by atoms with E-state index in [0.717, 1.165) is 5.56 Å². The van der Waals surface area contributed by atoms with E-state index in [2.05, 4.69) is 10.9 Å². The Morgan fingerprint density at radius 1 is 1.04 bits per heavy atom. The molecular weight excluding hydrogens is 380 g/mol. The third-order valence-corrected chi connectivity index (χ3v) is 4.43. The zero-order chi connectivity index (χ0) is 19.6. The highest BCUT2D eigenvalue weighted by molar-refractivity contribution is 6.30. The van der Waals surface area contributed by atoms with Crippen LogP contribution in [0, 0.1) is 0 Å². The van der Waals surface area contributed by atoms with Crippen molar-refractivity contribution in [2.75, 3.05) is 6.61 Å². The fraction of sp³-hybridized carbons (Fsp3) is 0.353. The molecule has 0 spiro atoms. The lowest BCUT2D eigenvalue weighted by molar-refractivity contribution is -0.238. The molecule has 1 aliphatic rings. The molecule has 27 heavy (non-hydrogen) atoms. The molecule has 10 heteroatoms. The molecule has 1 aromatic carbocycles. The van der Waals surface area contributed by atoms with Crippen molar-refractivity contribution in [3.05, 3.63) is 47.2 Å². The summed E-state index contributed by atoms with van der Waals surface area (Å²) in [7, 11) is 0. The average molecular weight is 399 g/mol. The van der Waals surface area contributed by atoms with Gasteiger partial charge in [-0.2, -0.15) is 0 Å². The first-order valence-corrected chi connectivity index (χ1v) is 8.50. The lowest BCUT2D eigenvalue weighted by Crippen LogP contribution is -2.64. The van der Waals surface area contributed by atoms with E-state index >= 15 is 0 Å². The Kier molecular flexibility index (Phi) is 6.12. The van der Waals surface area contributed by atoms with Crippen LogP contribution >= 0.6 is 11.6 Å². The standard InChI is InChI=1S/C17H19ClN2O7/c18-9-3-1-8(2-4-9)10-5-6-11(26-10)16(25)19-20-17-15(24)14(23)13(22)12(7-21)27-17/h1-6,12-15,17,20-24H,7H2,(H,19,25)/t12-,13-,14+,15-,17-/m1/s1. The third kappa shape index (κ3) is 4.30. The SMILES string of the molecule is O=C(NN[C@@H]1O[C@H](CO)[C@@H](O)[C@H](O)[C@H]1O)c1ccc(-c2ccc(Cl)cc2)o1. The van der Waals surface area contributed by atoms with Crippen molar-refractivity contribution >= 4 is 17.5 Å². The van der Waals surface area contributed by atoms with E-state index in [4.69, 9.17) is 25.9 Å². The van der Waals surface area contributed by atoms with Gasteiger partial charge < -0.3 is 29.6 Å². The predicted molar refractivity (Wildman–Crippen MR) is 93.5 cm³/mol. The fourth-order valence-electron chi connectivity index (χ4n) is 2.65. The average Bonchev–Trinajstić information content (AvgIpc) is 3.16. The molecule has 1 amide bonds. The number of rotatable bonds is 5. The number of benzene rings is 1. The van der Waals surface area contributed by atoms with Crippen LogP contribution in [0.25, 0.3) is 11.3 Å². The van der Waals surface area contributed by atoms with E-state index < -0.39 is 43.2 Å². The lowest BCUT2D eigenvalue weighted by Gasteiger charge is -2.40. The monoisotopic (exact) mass is 398 g/mol. The van der Waals surface area contributed by atoms with E-state index in [0.29, 0.717) is 10.8 Å². The maximum Gasteiger partial charge on any atom is 0.301 e. The molecule has 6 N–H and O–H groups in total. The number of hydrogen-bond acceptors (Lipinski definition) is 8. The molecule has 2 heterocycles. The number of furan rings is 1. The van der Waals surface area contributed by atoms with Crippen molar-refractivity contribution in [2.45, 2.75) is 30.6 Å². The molecule has 0 aliphatic carbocycles. The second-order valence-electron chi connectivity index (χ2n) is 6.02. The summed E-state index contributed by atoms with van der Waals surface area (Å²) in [6.45, 7) is -0.570. The number of aliphatic hydroxyl groups excluding tert-OH is 4. The van der Waals surface area contributed by atoms with Gasteiger partial charge in [-0.3, -0.25) is 10.2 Å². The number of hydrazine groups is 1. The Hall–Kier alpha value is -1.98. The molecule has 1 saturated heterocycles. The second kappa shape index (κ2) is 8.36. The van der Waals surface area contributed by atoms with E-state index in [1.54, 1.807) is 30.3 Å². The molecule has 1 fully saturated rings. The van der Waals surface area contributed by atoms with Crippen LogP contribution in [-0.4, -0.2) is 63.6 Å². The van der Waals surface area contributed by atoms with E-state index in [1.807, 2.05) is 0 Å². The Morgan fingerprint density at radius 2 is 1.74 bits per heavy atom. The minimum Gasteiger partial charge on any atom is -0.451 e. The van der Waals surface area contributed by atoms with Gasteiger partial charge in [0.05, 0.1) is 6.61 Å². The van der Waals surface area contributed by atoms with Crippen molar-refractivity contribution in [1.29, 1.82) is 0 Å². The van der Waals surface area contributed by atoms with Crippen molar-refractivity contribution in [2.24, 2.45) is 0 Å². The first-order chi connectivity index (χ1) is 12.9. The number of ether oxygens (including phenoxy) is 1. The van der Waals surface area contributed by atoms with E-state index in [9.17, 15) is 20.1 Å². The van der Waals surface area contributed by atoms with Gasteiger partial charge in [-0.05, 0) is 36.4 Å². The van der Waals surface area contributed by atoms with Gasteiger partial charge in [0.25, 0.3) is 0 Å². The van der Waals surface area contributed by atoms with Crippen LogP contribution < -0.4 is 10.9 Å². The highest BCUT2D eigenvalue weighted by atomic mass is 35.5. The van der Waals surface area contributed by atoms with Crippen LogP contribution in [0.2, 0.25) is 5.02 Å². The van der Waals surface area contributed by atoms with Gasteiger partial charge in [-0.15, -0.1) is 0 Å². The van der Waals surface area contributed by atoms with E-state index in [1.165, 1.54) is 6.07 Å². The Morgan fingerprint density at radius 3 is 2.41 bits per heavy atom. The predicted octanol–water partition coefficient (Wildman–Crippen LogP) is -0.366. The first kappa shape index (κ1) is 19.8. The maximum absolute atomic E-state index is 12.2. The van der Waals surface area contributed by atoms with Crippen LogP contribution in [0.1, 0.15) is 10.6 Å². The first-order valence-electron chi connectivity index (χ1n) is 8.13. The Bertz CT molecular complexity index is 780. The molecule has 0 saturated carbocycles. The minimum atomic E-state index is -1.55. The van der Waals surface area contributed by atoms with Gasteiger partial charge in [0.1, 0.15) is 30.2 Å². The van der Waals surface area contributed by atoms with Crippen LogP contribution in [0.4, 0.5) is 0 Å². The number of nitrogens with one attached hydrogen (secondary N) is 2. The van der Waals surface area contributed by atoms with Gasteiger partial charge in [-0.1, -0.05) is 11.6 Å². The van der Waals surface area contributed by atoms with Gasteiger partial charge in [0.15, 0.2) is 12.0 Å². The minimum absolute atomic E-state index is 0.00274. The number of carbonyl (C=O) groups excluding carboxylic acids is 1. The lowest BCUT2D eigenvalue weighted by atomic mass is 9.99. The van der Waals surface area contributed by atoms with Crippen LogP contribution in [0.3, 0.4) is 0 Å². The van der Waals surface area contributed by atoms with Crippen molar-refractivity contribution in [3.63, 3.8) is 0 Å². The maximum atomic E-state index is 12.2. The summed E-state index contributed by atoms with van der Waals surface area (Å²) in [5.41, 5.74) is 5.44. The zero-order valence-corrected chi connectivity index (χ0v) is 14.7. The molecule has 0 radical (unpaired) electrons. The molecule has 3 rings (SSSR count). The molecule has 9 nitrogen and oxygen atoms in total. The molecule has 2 aromatic rings. The quantitative estimate of drug-likeness (QED) is 0.374. The molecule has 146 valence electrons. The fourth-order valence-corrected chi connectivity index (χ4v) is 2.77. The molecular formula is C17H19ClN2O7. The number of carbonyl (C=O) groups is 1. The van der Waals surface area contributed by atoms with Gasteiger partial charge in [-0.25, -0.2) is 5.43 Å². The van der Waals surface area contributed by atoms with Crippen molar-refractivity contribution < 1.29 is 34.4 Å². The third-order valence-electron chi connectivity index (χ3n) is 4.18. The number of halogens is 1. The summed E-state index contributed by atoms with van der Waals surface area (Å²) >= 11 is 5.84. The summed E-state index contributed by atoms with van der Waals surface area (Å²) in [6, 6.07) is 9.96. The molecule has 0 bridgehead atoms. The Labute approximate surface area is 159 Å². The van der Waals surface area contributed by atoms with Crippen LogP contribution in [0.5, 0.6) is 0 Å². The van der Waals surface area contributed by atoms with Crippen molar-refractivity contribution in [1.82, 2.24) is 10.9 Å². The summed E-state index contributed by atoms with van der Waals surface area (Å²) < 4.78 is 10.7. The molecule has 1 aliphatic heterocycles. The Balaban J connectivity index is 1.62. The summed E-state index contributed by atoms with van der Waals surface area (Å²) in [5.74, 6) is -0.186. The van der Waals surface area contributed by atoms with Gasteiger partial charge in [0, 0.05) is 10.6 Å². The normalized spacial score (nSPS) is 28.1. The number of aliphatic hydroxyl groups is 4. The second-order valence-corrected chi connectivity index (χ2v) is 6.46. The summed E-state index contributed by atoms with van der Waals surface area (Å²) in [6.07, 6.45) is -6.88. The van der Waals surface area contributed by atoms with Gasteiger partial charge in [0.2, 0.25) is 0 Å². The highest BCUT2D eigenvalue weighted by Crippen LogP contribution is 2.24. The molecule has 1 aromatic heterocycles. The summed E-state index contributed by atoms with van der Waals surface area (Å²) in [5, 5.41) is 39.1. The van der Waals surface area contributed by atoms with Gasteiger partial charge >= 0.3 is 5.91 Å².